The number of anilines is 1. The maximum absolute atomic E-state index is 13.6. The van der Waals surface area contributed by atoms with Gasteiger partial charge in [0.25, 0.3) is 0 Å². The second-order valence-electron chi connectivity index (χ2n) is 4.12. The fraction of sp³-hybridized carbons (Fsp3) is 0.0714. The Balaban J connectivity index is 2.46. The van der Waals surface area contributed by atoms with Gasteiger partial charge in [-0.1, -0.05) is 0 Å². The third-order valence-electron chi connectivity index (χ3n) is 2.66. The Morgan fingerprint density at radius 2 is 1.65 bits per heavy atom. The van der Waals surface area contributed by atoms with Crippen molar-refractivity contribution in [1.82, 2.24) is 0 Å². The number of hydrogen-bond acceptors (Lipinski definition) is 3. The average molecular weight is 278 g/mol. The van der Waals surface area contributed by atoms with Crippen LogP contribution < -0.4 is 10.5 Å². The van der Waals surface area contributed by atoms with E-state index in [0.717, 1.165) is 18.2 Å². The van der Waals surface area contributed by atoms with Crippen LogP contribution >= 0.6 is 0 Å². The van der Waals surface area contributed by atoms with Crippen LogP contribution in [0.2, 0.25) is 0 Å². The van der Waals surface area contributed by atoms with Gasteiger partial charge in [0.05, 0.1) is 11.6 Å². The largest absolute Gasteiger partial charge is 0.448 e. The van der Waals surface area contributed by atoms with Gasteiger partial charge < -0.3 is 10.5 Å². The Hall–Kier alpha value is -2.68. The molecule has 6 heteroatoms. The van der Waals surface area contributed by atoms with Gasteiger partial charge in [0.1, 0.15) is 0 Å². The molecule has 0 aliphatic carbocycles. The van der Waals surface area contributed by atoms with Crippen molar-refractivity contribution in [1.29, 1.82) is 5.26 Å². The molecule has 0 saturated carbocycles. The molecule has 0 radical (unpaired) electrons. The Morgan fingerprint density at radius 1 is 1.05 bits per heavy atom. The van der Waals surface area contributed by atoms with Crippen LogP contribution in [0.5, 0.6) is 11.5 Å². The van der Waals surface area contributed by atoms with Gasteiger partial charge in [0.2, 0.25) is 0 Å². The van der Waals surface area contributed by atoms with Gasteiger partial charge in [-0.15, -0.1) is 0 Å². The first-order valence-electron chi connectivity index (χ1n) is 5.55. The van der Waals surface area contributed by atoms with Gasteiger partial charge in [0, 0.05) is 11.8 Å². The lowest BCUT2D eigenvalue weighted by Gasteiger charge is -2.11. The topological polar surface area (TPSA) is 59.0 Å². The molecule has 0 aliphatic rings. The summed E-state index contributed by atoms with van der Waals surface area (Å²) in [7, 11) is 0. The molecule has 0 saturated heterocycles. The predicted molar refractivity (Wildman–Crippen MR) is 66.7 cm³/mol. The number of nitrogen functional groups attached to an aromatic ring is 1. The normalized spacial score (nSPS) is 10.2. The number of hydrogen-bond donors (Lipinski definition) is 1. The highest BCUT2D eigenvalue weighted by Crippen LogP contribution is 2.32. The second-order valence-corrected chi connectivity index (χ2v) is 4.12. The SMILES string of the molecule is Cc1cc(Oc2c(F)cc(C#N)cc2F)c(F)cc1N. The molecule has 20 heavy (non-hydrogen) atoms. The molecule has 2 N–H and O–H groups in total. The molecule has 2 aromatic rings. The van der Waals surface area contributed by atoms with Crippen LogP contribution in [0.4, 0.5) is 18.9 Å². The van der Waals surface area contributed by atoms with E-state index in [1.807, 2.05) is 0 Å². The first kappa shape index (κ1) is 13.7. The van der Waals surface area contributed by atoms with Crippen LogP contribution in [-0.4, -0.2) is 0 Å². The number of aryl methyl sites for hydroxylation is 1. The fourth-order valence-electron chi connectivity index (χ4n) is 1.58. The van der Waals surface area contributed by atoms with E-state index in [9.17, 15) is 13.2 Å². The summed E-state index contributed by atoms with van der Waals surface area (Å²) in [6, 6.07) is 5.46. The number of benzene rings is 2. The van der Waals surface area contributed by atoms with Crippen LogP contribution in [0, 0.1) is 35.7 Å². The van der Waals surface area contributed by atoms with Gasteiger partial charge in [-0.2, -0.15) is 5.26 Å². The Bertz CT molecular complexity index is 700. The smallest absolute Gasteiger partial charge is 0.198 e. The van der Waals surface area contributed by atoms with Crippen molar-refractivity contribution < 1.29 is 17.9 Å². The third-order valence-corrected chi connectivity index (χ3v) is 2.66. The maximum atomic E-state index is 13.6. The number of nitrogens with two attached hydrogens (primary N) is 1. The lowest BCUT2D eigenvalue weighted by atomic mass is 10.2. The van der Waals surface area contributed by atoms with Crippen molar-refractivity contribution in [3.8, 4) is 17.6 Å². The van der Waals surface area contributed by atoms with Gasteiger partial charge in [-0.05, 0) is 30.7 Å². The van der Waals surface area contributed by atoms with E-state index in [1.165, 1.54) is 6.07 Å². The molecule has 0 fully saturated rings. The number of nitriles is 1. The summed E-state index contributed by atoms with van der Waals surface area (Å²) in [4.78, 5) is 0. The van der Waals surface area contributed by atoms with Crippen molar-refractivity contribution in [2.45, 2.75) is 6.92 Å². The van der Waals surface area contributed by atoms with E-state index >= 15 is 0 Å². The van der Waals surface area contributed by atoms with Crippen molar-refractivity contribution in [2.24, 2.45) is 0 Å². The average Bonchev–Trinajstić information content (AvgIpc) is 2.39. The fourth-order valence-corrected chi connectivity index (χ4v) is 1.58. The molecule has 0 spiro atoms. The van der Waals surface area contributed by atoms with E-state index in [0.29, 0.717) is 5.56 Å². The van der Waals surface area contributed by atoms with Crippen LogP contribution in [-0.2, 0) is 0 Å². The van der Waals surface area contributed by atoms with Crippen molar-refractivity contribution in [2.75, 3.05) is 5.73 Å². The standard InChI is InChI=1S/C14H9F3N2O/c1-7-2-13(9(15)5-12(7)19)20-14-10(16)3-8(6-18)4-11(14)17/h2-5H,19H2,1H3. The molecule has 0 heterocycles. The van der Waals surface area contributed by atoms with Gasteiger partial charge in [0.15, 0.2) is 29.0 Å². The summed E-state index contributed by atoms with van der Waals surface area (Å²) in [6.45, 7) is 1.60. The molecule has 2 aromatic carbocycles. The zero-order valence-electron chi connectivity index (χ0n) is 10.4. The zero-order chi connectivity index (χ0) is 14.9. The van der Waals surface area contributed by atoms with Crippen LogP contribution in [0.1, 0.15) is 11.1 Å². The van der Waals surface area contributed by atoms with Crippen molar-refractivity contribution in [3.63, 3.8) is 0 Å². The summed E-state index contributed by atoms with van der Waals surface area (Å²) < 4.78 is 45.8. The highest BCUT2D eigenvalue weighted by atomic mass is 19.1. The van der Waals surface area contributed by atoms with Crippen LogP contribution in [0.3, 0.4) is 0 Å². The minimum atomic E-state index is -1.09. The quantitative estimate of drug-likeness (QED) is 0.853. The van der Waals surface area contributed by atoms with Crippen molar-refractivity contribution >= 4 is 5.69 Å². The zero-order valence-corrected chi connectivity index (χ0v) is 10.4. The molecule has 0 aromatic heterocycles. The monoisotopic (exact) mass is 278 g/mol. The number of nitrogens with zero attached hydrogens (tertiary/aromatic N) is 1. The molecule has 0 bridgehead atoms. The van der Waals surface area contributed by atoms with Gasteiger partial charge in [-0.25, -0.2) is 13.2 Å². The molecule has 3 nitrogen and oxygen atoms in total. The summed E-state index contributed by atoms with van der Waals surface area (Å²) in [6.07, 6.45) is 0. The molecule has 0 atom stereocenters. The Morgan fingerprint density at radius 3 is 2.20 bits per heavy atom. The van der Waals surface area contributed by atoms with Gasteiger partial charge in [-0.3, -0.25) is 0 Å². The predicted octanol–water partition coefficient (Wildman–Crippen LogP) is 3.66. The third kappa shape index (κ3) is 2.52. The molecule has 0 unspecified atom stereocenters. The minimum absolute atomic E-state index is 0.193. The Kier molecular flexibility index (Phi) is 3.53. The number of halogens is 3. The summed E-state index contributed by atoms with van der Waals surface area (Å²) in [5, 5.41) is 8.58. The second kappa shape index (κ2) is 5.13. The first-order chi connectivity index (χ1) is 9.42. The summed E-state index contributed by atoms with van der Waals surface area (Å²) >= 11 is 0. The maximum Gasteiger partial charge on any atom is 0.198 e. The molecule has 102 valence electrons. The summed E-state index contributed by atoms with van der Waals surface area (Å²) in [5.41, 5.74) is 6.02. The Labute approximate surface area is 113 Å². The number of rotatable bonds is 2. The molecular weight excluding hydrogens is 269 g/mol. The van der Waals surface area contributed by atoms with Crippen molar-refractivity contribution in [3.05, 3.63) is 52.8 Å². The number of ether oxygens (including phenoxy) is 1. The summed E-state index contributed by atoms with van der Waals surface area (Å²) in [5.74, 6) is -4.13. The van der Waals surface area contributed by atoms with Crippen LogP contribution in [0.25, 0.3) is 0 Å². The van der Waals surface area contributed by atoms with E-state index < -0.39 is 23.2 Å². The van der Waals surface area contributed by atoms with Gasteiger partial charge >= 0.3 is 0 Å². The highest BCUT2D eigenvalue weighted by molar-refractivity contribution is 5.51. The lowest BCUT2D eigenvalue weighted by molar-refractivity contribution is 0.387. The van der Waals surface area contributed by atoms with E-state index in [2.05, 4.69) is 0 Å². The molecule has 0 aliphatic heterocycles. The van der Waals surface area contributed by atoms with Crippen LogP contribution in [0.15, 0.2) is 24.3 Å². The molecule has 0 amide bonds. The molecule has 2 rings (SSSR count). The van der Waals surface area contributed by atoms with E-state index in [4.69, 9.17) is 15.7 Å². The first-order valence-corrected chi connectivity index (χ1v) is 5.55. The lowest BCUT2D eigenvalue weighted by Crippen LogP contribution is -1.98. The van der Waals surface area contributed by atoms with E-state index in [1.54, 1.807) is 13.0 Å². The highest BCUT2D eigenvalue weighted by Gasteiger charge is 2.16. The van der Waals surface area contributed by atoms with E-state index in [-0.39, 0.29) is 17.0 Å². The molecular formula is C14H9F3N2O. The minimum Gasteiger partial charge on any atom is -0.448 e.